The highest BCUT2D eigenvalue weighted by Crippen LogP contribution is 2.14. The second-order valence-corrected chi connectivity index (χ2v) is 2.89. The first-order valence-electron chi connectivity index (χ1n) is 4.03. The predicted octanol–water partition coefficient (Wildman–Crippen LogP) is 2.04. The van der Waals surface area contributed by atoms with Crippen molar-refractivity contribution in [2.24, 2.45) is 0 Å². The van der Waals surface area contributed by atoms with Crippen molar-refractivity contribution in [3.8, 4) is 5.75 Å². The Bertz CT molecular complexity index is 298. The van der Waals surface area contributed by atoms with Gasteiger partial charge in [-0.3, -0.25) is 0 Å². The molecule has 0 unspecified atom stereocenters. The minimum Gasteiger partial charge on any atom is -0.508 e. The molecular weight excluding hydrogens is 195 g/mol. The highest BCUT2D eigenvalue weighted by molar-refractivity contribution is 5.26. The maximum absolute atomic E-state index is 11.7. The molecule has 0 heterocycles. The lowest BCUT2D eigenvalue weighted by Gasteiger charge is -2.08. The number of phenolic OH excluding ortho intramolecular Hbond substituents is 1. The summed E-state index contributed by atoms with van der Waals surface area (Å²) in [4.78, 5) is 0. The van der Waals surface area contributed by atoms with E-state index in [4.69, 9.17) is 5.11 Å². The third kappa shape index (κ3) is 4.13. The van der Waals surface area contributed by atoms with Crippen molar-refractivity contribution in [2.75, 3.05) is 6.54 Å². The van der Waals surface area contributed by atoms with Crippen LogP contribution in [0.2, 0.25) is 0 Å². The summed E-state index contributed by atoms with van der Waals surface area (Å²) in [5, 5.41) is 11.3. The molecule has 5 heteroatoms. The Kier molecular flexibility index (Phi) is 3.35. The molecule has 0 saturated heterocycles. The van der Waals surface area contributed by atoms with Crippen LogP contribution in [-0.2, 0) is 6.54 Å². The smallest absolute Gasteiger partial charge is 0.401 e. The van der Waals surface area contributed by atoms with E-state index in [0.29, 0.717) is 5.56 Å². The fourth-order valence-electron chi connectivity index (χ4n) is 1.02. The number of alkyl halides is 3. The number of hydrogen-bond donors (Lipinski definition) is 2. The molecule has 2 nitrogen and oxygen atoms in total. The van der Waals surface area contributed by atoms with Gasteiger partial charge in [-0.25, -0.2) is 0 Å². The van der Waals surface area contributed by atoms with Crippen molar-refractivity contribution in [1.82, 2.24) is 5.32 Å². The van der Waals surface area contributed by atoms with Gasteiger partial charge in [0.15, 0.2) is 0 Å². The summed E-state index contributed by atoms with van der Waals surface area (Å²) in [6.45, 7) is -0.934. The van der Waals surface area contributed by atoms with Gasteiger partial charge >= 0.3 is 6.18 Å². The predicted molar refractivity (Wildman–Crippen MR) is 45.9 cm³/mol. The first-order valence-corrected chi connectivity index (χ1v) is 4.03. The molecule has 0 atom stereocenters. The number of hydrogen-bond acceptors (Lipinski definition) is 2. The van der Waals surface area contributed by atoms with E-state index in [-0.39, 0.29) is 12.3 Å². The van der Waals surface area contributed by atoms with Crippen LogP contribution >= 0.6 is 0 Å². The molecule has 0 saturated carbocycles. The van der Waals surface area contributed by atoms with E-state index < -0.39 is 12.7 Å². The molecule has 0 fully saturated rings. The molecule has 78 valence electrons. The SMILES string of the molecule is Oc1cccc(CNCC(F)(F)F)c1. The molecule has 0 aliphatic heterocycles. The number of benzene rings is 1. The molecule has 0 amide bonds. The van der Waals surface area contributed by atoms with Crippen LogP contribution in [0.5, 0.6) is 5.75 Å². The van der Waals surface area contributed by atoms with Gasteiger partial charge in [0.05, 0.1) is 6.54 Å². The molecule has 0 bridgehead atoms. The highest BCUT2D eigenvalue weighted by atomic mass is 19.4. The Labute approximate surface area is 79.4 Å². The largest absolute Gasteiger partial charge is 0.508 e. The maximum Gasteiger partial charge on any atom is 0.401 e. The van der Waals surface area contributed by atoms with Crippen molar-refractivity contribution in [2.45, 2.75) is 12.7 Å². The van der Waals surface area contributed by atoms with Crippen LogP contribution in [0, 0.1) is 0 Å². The molecule has 2 N–H and O–H groups in total. The minimum absolute atomic E-state index is 0.0521. The zero-order valence-corrected chi connectivity index (χ0v) is 7.30. The summed E-state index contributed by atoms with van der Waals surface area (Å²) in [5.41, 5.74) is 0.620. The third-order valence-corrected chi connectivity index (χ3v) is 1.57. The molecule has 0 aromatic heterocycles. The Morgan fingerprint density at radius 1 is 1.29 bits per heavy atom. The zero-order chi connectivity index (χ0) is 10.6. The van der Waals surface area contributed by atoms with Crippen molar-refractivity contribution in [3.63, 3.8) is 0 Å². The summed E-state index contributed by atoms with van der Waals surface area (Å²) in [6.07, 6.45) is -4.20. The summed E-state index contributed by atoms with van der Waals surface area (Å²) in [5.74, 6) is 0.0521. The van der Waals surface area contributed by atoms with Crippen molar-refractivity contribution < 1.29 is 18.3 Å². The van der Waals surface area contributed by atoms with Gasteiger partial charge in [-0.15, -0.1) is 0 Å². The Morgan fingerprint density at radius 2 is 2.00 bits per heavy atom. The van der Waals surface area contributed by atoms with Crippen LogP contribution < -0.4 is 5.32 Å². The number of rotatable bonds is 3. The molecule has 0 aliphatic rings. The van der Waals surface area contributed by atoms with Crippen LogP contribution in [0.4, 0.5) is 13.2 Å². The molecule has 1 rings (SSSR count). The van der Waals surface area contributed by atoms with E-state index in [1.807, 2.05) is 0 Å². The Morgan fingerprint density at radius 3 is 2.57 bits per heavy atom. The van der Waals surface area contributed by atoms with Crippen LogP contribution in [0.25, 0.3) is 0 Å². The fourth-order valence-corrected chi connectivity index (χ4v) is 1.02. The first-order chi connectivity index (χ1) is 6.47. The molecule has 1 aromatic rings. The standard InChI is InChI=1S/C9H10F3NO/c10-9(11,12)6-13-5-7-2-1-3-8(14)4-7/h1-4,13-14H,5-6H2. The van der Waals surface area contributed by atoms with Gasteiger partial charge in [-0.1, -0.05) is 12.1 Å². The molecule has 14 heavy (non-hydrogen) atoms. The van der Waals surface area contributed by atoms with Gasteiger partial charge in [-0.05, 0) is 17.7 Å². The van der Waals surface area contributed by atoms with E-state index >= 15 is 0 Å². The van der Waals surface area contributed by atoms with Crippen molar-refractivity contribution in [3.05, 3.63) is 29.8 Å². The topological polar surface area (TPSA) is 32.3 Å². The van der Waals surface area contributed by atoms with Gasteiger partial charge in [0, 0.05) is 6.54 Å². The second-order valence-electron chi connectivity index (χ2n) is 2.89. The van der Waals surface area contributed by atoms with E-state index in [1.165, 1.54) is 12.1 Å². The summed E-state index contributed by atoms with van der Waals surface area (Å²) in [7, 11) is 0. The lowest BCUT2D eigenvalue weighted by Crippen LogP contribution is -2.28. The monoisotopic (exact) mass is 205 g/mol. The molecular formula is C9H10F3NO. The van der Waals surface area contributed by atoms with E-state index in [0.717, 1.165) is 0 Å². The lowest BCUT2D eigenvalue weighted by molar-refractivity contribution is -0.125. The van der Waals surface area contributed by atoms with Gasteiger partial charge < -0.3 is 10.4 Å². The first kappa shape index (κ1) is 10.8. The quantitative estimate of drug-likeness (QED) is 0.791. The van der Waals surface area contributed by atoms with Crippen molar-refractivity contribution in [1.29, 1.82) is 0 Å². The van der Waals surface area contributed by atoms with Gasteiger partial charge in [0.25, 0.3) is 0 Å². The number of halogens is 3. The Hall–Kier alpha value is -1.23. The number of aromatic hydroxyl groups is 1. The average molecular weight is 205 g/mol. The molecule has 1 aromatic carbocycles. The zero-order valence-electron chi connectivity index (χ0n) is 7.30. The maximum atomic E-state index is 11.7. The summed E-state index contributed by atoms with van der Waals surface area (Å²) < 4.78 is 35.2. The second kappa shape index (κ2) is 4.32. The normalized spacial score (nSPS) is 11.6. The van der Waals surface area contributed by atoms with Gasteiger partial charge in [-0.2, -0.15) is 13.2 Å². The third-order valence-electron chi connectivity index (χ3n) is 1.57. The summed E-state index contributed by atoms with van der Waals surface area (Å²) >= 11 is 0. The number of nitrogens with one attached hydrogen (secondary N) is 1. The van der Waals surface area contributed by atoms with Crippen molar-refractivity contribution >= 4 is 0 Å². The van der Waals surface area contributed by atoms with E-state index in [1.54, 1.807) is 12.1 Å². The fraction of sp³-hybridized carbons (Fsp3) is 0.333. The highest BCUT2D eigenvalue weighted by Gasteiger charge is 2.25. The molecule has 0 aliphatic carbocycles. The van der Waals surface area contributed by atoms with Crippen LogP contribution in [-0.4, -0.2) is 17.8 Å². The Balaban J connectivity index is 2.39. The van der Waals surface area contributed by atoms with Crippen LogP contribution in [0.1, 0.15) is 5.56 Å². The average Bonchev–Trinajstić information content (AvgIpc) is 2.01. The number of phenols is 1. The molecule has 0 spiro atoms. The van der Waals surface area contributed by atoms with Crippen LogP contribution in [0.15, 0.2) is 24.3 Å². The summed E-state index contributed by atoms with van der Waals surface area (Å²) in [6, 6.07) is 6.11. The lowest BCUT2D eigenvalue weighted by atomic mass is 10.2. The van der Waals surface area contributed by atoms with E-state index in [9.17, 15) is 13.2 Å². The molecule has 0 radical (unpaired) electrons. The van der Waals surface area contributed by atoms with E-state index in [2.05, 4.69) is 5.32 Å². The van der Waals surface area contributed by atoms with Crippen LogP contribution in [0.3, 0.4) is 0 Å². The van der Waals surface area contributed by atoms with Gasteiger partial charge in [0.1, 0.15) is 5.75 Å². The van der Waals surface area contributed by atoms with Gasteiger partial charge in [0.2, 0.25) is 0 Å². The minimum atomic E-state index is -4.20.